The summed E-state index contributed by atoms with van der Waals surface area (Å²) in [5.74, 6) is -1.50. The molecular weight excluding hydrogens is 316 g/mol. The van der Waals surface area contributed by atoms with Crippen molar-refractivity contribution in [3.05, 3.63) is 59.2 Å². The molecule has 2 aromatic rings. The lowest BCUT2D eigenvalue weighted by Gasteiger charge is -2.27. The summed E-state index contributed by atoms with van der Waals surface area (Å²) >= 11 is 0. The van der Waals surface area contributed by atoms with Gasteiger partial charge >= 0.3 is 0 Å². The SMILES string of the molecule is CCC(C(=O)Nc1cccc(C)c1)N1C(=O)C(=O)c2cccc(C)c21. The number of hydrogen-bond acceptors (Lipinski definition) is 3. The molecule has 25 heavy (non-hydrogen) atoms. The number of aryl methyl sites for hydroxylation is 2. The van der Waals surface area contributed by atoms with Gasteiger partial charge < -0.3 is 5.32 Å². The van der Waals surface area contributed by atoms with Crippen LogP contribution in [-0.2, 0) is 9.59 Å². The molecule has 0 radical (unpaired) electrons. The topological polar surface area (TPSA) is 66.5 Å². The number of para-hydroxylation sites is 1. The van der Waals surface area contributed by atoms with E-state index in [0.717, 1.165) is 11.1 Å². The van der Waals surface area contributed by atoms with Gasteiger partial charge in [-0.05, 0) is 49.6 Å². The number of Topliss-reactive ketones (excluding diaryl/α,β-unsaturated/α-hetero) is 1. The number of hydrogen-bond donors (Lipinski definition) is 1. The Morgan fingerprint density at radius 3 is 2.52 bits per heavy atom. The number of benzene rings is 2. The van der Waals surface area contributed by atoms with Crippen LogP contribution < -0.4 is 10.2 Å². The third-order valence-electron chi connectivity index (χ3n) is 4.42. The molecule has 1 N–H and O–H groups in total. The van der Waals surface area contributed by atoms with E-state index in [1.54, 1.807) is 18.2 Å². The molecule has 5 heteroatoms. The molecule has 1 atom stereocenters. The van der Waals surface area contributed by atoms with Crippen molar-refractivity contribution >= 4 is 29.0 Å². The van der Waals surface area contributed by atoms with Gasteiger partial charge in [0.15, 0.2) is 0 Å². The summed E-state index contributed by atoms with van der Waals surface area (Å²) in [6.45, 7) is 5.60. The third-order valence-corrected chi connectivity index (χ3v) is 4.42. The van der Waals surface area contributed by atoms with Crippen molar-refractivity contribution in [3.8, 4) is 0 Å². The fourth-order valence-corrected chi connectivity index (χ4v) is 3.22. The van der Waals surface area contributed by atoms with Crippen molar-refractivity contribution in [3.63, 3.8) is 0 Å². The van der Waals surface area contributed by atoms with Crippen LogP contribution in [0.5, 0.6) is 0 Å². The minimum atomic E-state index is -0.737. The van der Waals surface area contributed by atoms with Gasteiger partial charge in [0.25, 0.3) is 11.7 Å². The van der Waals surface area contributed by atoms with Crippen molar-refractivity contribution in [2.45, 2.75) is 33.2 Å². The van der Waals surface area contributed by atoms with Gasteiger partial charge in [-0.25, -0.2) is 0 Å². The first kappa shape index (κ1) is 16.9. The number of rotatable bonds is 4. The second-order valence-corrected chi connectivity index (χ2v) is 6.26. The maximum Gasteiger partial charge on any atom is 0.300 e. The molecule has 0 saturated heterocycles. The van der Waals surface area contributed by atoms with Crippen LogP contribution in [0, 0.1) is 13.8 Å². The van der Waals surface area contributed by atoms with Gasteiger partial charge in [-0.2, -0.15) is 0 Å². The van der Waals surface area contributed by atoms with E-state index in [4.69, 9.17) is 0 Å². The molecule has 0 bridgehead atoms. The third kappa shape index (κ3) is 2.93. The lowest BCUT2D eigenvalue weighted by Crippen LogP contribution is -2.46. The minimum Gasteiger partial charge on any atom is -0.324 e. The number of carbonyl (C=O) groups is 3. The summed E-state index contributed by atoms with van der Waals surface area (Å²) in [6, 6.07) is 11.9. The van der Waals surface area contributed by atoms with Crippen LogP contribution >= 0.6 is 0 Å². The number of fused-ring (bicyclic) bond motifs is 1. The Morgan fingerprint density at radius 1 is 1.12 bits per heavy atom. The van der Waals surface area contributed by atoms with Crippen molar-refractivity contribution in [1.82, 2.24) is 0 Å². The fourth-order valence-electron chi connectivity index (χ4n) is 3.22. The summed E-state index contributed by atoms with van der Waals surface area (Å²) in [6.07, 6.45) is 0.407. The maximum atomic E-state index is 12.8. The molecule has 3 rings (SSSR count). The predicted octanol–water partition coefficient (Wildman–Crippen LogP) is 3.25. The van der Waals surface area contributed by atoms with Crippen LogP contribution in [0.15, 0.2) is 42.5 Å². The van der Waals surface area contributed by atoms with Crippen LogP contribution in [0.3, 0.4) is 0 Å². The normalized spacial score (nSPS) is 14.4. The van der Waals surface area contributed by atoms with Gasteiger partial charge in [0.1, 0.15) is 6.04 Å². The predicted molar refractivity (Wildman–Crippen MR) is 96.9 cm³/mol. The number of ketones is 1. The Bertz CT molecular complexity index is 873. The Hall–Kier alpha value is -2.95. The fraction of sp³-hybridized carbons (Fsp3) is 0.250. The van der Waals surface area contributed by atoms with Crippen LogP contribution in [-0.4, -0.2) is 23.6 Å². The molecule has 0 aromatic heterocycles. The Balaban J connectivity index is 1.95. The molecule has 1 heterocycles. The molecule has 0 spiro atoms. The number of nitrogens with zero attached hydrogens (tertiary/aromatic N) is 1. The van der Waals surface area contributed by atoms with Crippen LogP contribution in [0.4, 0.5) is 11.4 Å². The first-order valence-electron chi connectivity index (χ1n) is 8.29. The minimum absolute atomic E-state index is 0.301. The van der Waals surface area contributed by atoms with E-state index >= 15 is 0 Å². The lowest BCUT2D eigenvalue weighted by atomic mass is 10.1. The van der Waals surface area contributed by atoms with E-state index in [-0.39, 0.29) is 5.91 Å². The van der Waals surface area contributed by atoms with Gasteiger partial charge in [-0.15, -0.1) is 0 Å². The number of amides is 2. The molecule has 0 fully saturated rings. The Kier molecular flexibility index (Phi) is 4.40. The molecule has 2 amide bonds. The number of carbonyl (C=O) groups excluding carboxylic acids is 3. The van der Waals surface area contributed by atoms with Crippen molar-refractivity contribution in [2.24, 2.45) is 0 Å². The number of nitrogens with one attached hydrogen (secondary N) is 1. The van der Waals surface area contributed by atoms with Gasteiger partial charge in [0.2, 0.25) is 5.91 Å². The lowest BCUT2D eigenvalue weighted by molar-refractivity contribution is -0.121. The highest BCUT2D eigenvalue weighted by Crippen LogP contribution is 2.34. The van der Waals surface area contributed by atoms with E-state index in [2.05, 4.69) is 5.32 Å². The highest BCUT2D eigenvalue weighted by atomic mass is 16.2. The van der Waals surface area contributed by atoms with Gasteiger partial charge in [0.05, 0.1) is 11.3 Å². The molecule has 2 aromatic carbocycles. The first-order chi connectivity index (χ1) is 11.9. The van der Waals surface area contributed by atoms with Crippen molar-refractivity contribution < 1.29 is 14.4 Å². The largest absolute Gasteiger partial charge is 0.324 e. The maximum absolute atomic E-state index is 12.8. The van der Waals surface area contributed by atoms with Crippen LogP contribution in [0.2, 0.25) is 0 Å². The van der Waals surface area contributed by atoms with Gasteiger partial charge in [-0.1, -0.05) is 31.2 Å². The average Bonchev–Trinajstić information content (AvgIpc) is 2.82. The highest BCUT2D eigenvalue weighted by Gasteiger charge is 2.42. The molecule has 128 valence electrons. The summed E-state index contributed by atoms with van der Waals surface area (Å²) in [5.41, 5.74) is 3.42. The monoisotopic (exact) mass is 336 g/mol. The van der Waals surface area contributed by atoms with Gasteiger partial charge in [0, 0.05) is 5.69 Å². The molecule has 0 aliphatic carbocycles. The molecule has 1 unspecified atom stereocenters. The Labute approximate surface area is 146 Å². The smallest absolute Gasteiger partial charge is 0.300 e. The van der Waals surface area contributed by atoms with E-state index < -0.39 is 17.7 Å². The average molecular weight is 336 g/mol. The summed E-state index contributed by atoms with van der Waals surface area (Å²) in [5, 5.41) is 2.85. The van der Waals surface area contributed by atoms with Crippen molar-refractivity contribution in [2.75, 3.05) is 10.2 Å². The zero-order chi connectivity index (χ0) is 18.1. The van der Waals surface area contributed by atoms with E-state index in [0.29, 0.717) is 23.4 Å². The molecular formula is C20H20N2O3. The van der Waals surface area contributed by atoms with Crippen LogP contribution in [0.1, 0.15) is 34.8 Å². The molecule has 5 nitrogen and oxygen atoms in total. The molecule has 1 aliphatic heterocycles. The quantitative estimate of drug-likeness (QED) is 0.872. The molecule has 0 saturated carbocycles. The second kappa shape index (κ2) is 6.51. The second-order valence-electron chi connectivity index (χ2n) is 6.26. The van der Waals surface area contributed by atoms with E-state index in [1.807, 2.05) is 45.0 Å². The van der Waals surface area contributed by atoms with E-state index in [9.17, 15) is 14.4 Å². The van der Waals surface area contributed by atoms with Crippen LogP contribution in [0.25, 0.3) is 0 Å². The highest BCUT2D eigenvalue weighted by molar-refractivity contribution is 6.53. The zero-order valence-electron chi connectivity index (χ0n) is 14.5. The summed E-state index contributed by atoms with van der Waals surface area (Å²) < 4.78 is 0. The van der Waals surface area contributed by atoms with Gasteiger partial charge in [-0.3, -0.25) is 19.3 Å². The number of anilines is 2. The van der Waals surface area contributed by atoms with Crippen molar-refractivity contribution in [1.29, 1.82) is 0 Å². The summed E-state index contributed by atoms with van der Waals surface area (Å²) in [4.78, 5) is 38.9. The summed E-state index contributed by atoms with van der Waals surface area (Å²) in [7, 11) is 0. The standard InChI is InChI=1S/C20H20N2O3/c1-4-16(19(24)21-14-9-5-7-12(2)11-14)22-17-13(3)8-6-10-15(17)18(23)20(22)25/h5-11,16H,4H2,1-3H3,(H,21,24). The molecule has 1 aliphatic rings. The van der Waals surface area contributed by atoms with E-state index in [1.165, 1.54) is 4.90 Å². The Morgan fingerprint density at radius 2 is 1.84 bits per heavy atom. The first-order valence-corrected chi connectivity index (χ1v) is 8.29. The zero-order valence-corrected chi connectivity index (χ0v) is 14.5.